The normalized spacial score (nSPS) is 16.3. The Bertz CT molecular complexity index is 1380. The Morgan fingerprint density at radius 1 is 1.06 bits per heavy atom. The van der Waals surface area contributed by atoms with E-state index in [4.69, 9.17) is 0 Å². The summed E-state index contributed by atoms with van der Waals surface area (Å²) in [5, 5.41) is 9.48. The summed E-state index contributed by atoms with van der Waals surface area (Å²) in [6.45, 7) is 7.65. The first-order valence-electron chi connectivity index (χ1n) is 11.3. The lowest BCUT2D eigenvalue weighted by Gasteiger charge is -2.43. The van der Waals surface area contributed by atoms with E-state index in [9.17, 15) is 22.7 Å². The second-order valence-electron chi connectivity index (χ2n) is 8.88. The fourth-order valence-corrected chi connectivity index (χ4v) is 5.78. The van der Waals surface area contributed by atoms with Crippen LogP contribution in [-0.4, -0.2) is 45.2 Å². The van der Waals surface area contributed by atoms with Crippen LogP contribution < -0.4 is 14.5 Å². The van der Waals surface area contributed by atoms with Gasteiger partial charge >= 0.3 is 5.97 Å². The van der Waals surface area contributed by atoms with E-state index in [-0.39, 0.29) is 22.2 Å². The third-order valence-corrected chi connectivity index (χ3v) is 7.74. The highest BCUT2D eigenvalue weighted by atomic mass is 32.2. The molecule has 0 bridgehead atoms. The Hall–Kier alpha value is -3.59. The number of benzene rings is 3. The Balaban J connectivity index is 1.66. The van der Waals surface area contributed by atoms with E-state index in [2.05, 4.69) is 28.7 Å². The summed E-state index contributed by atoms with van der Waals surface area (Å²) in [5.41, 5.74) is 3.35. The molecule has 1 atom stereocenters. The highest BCUT2D eigenvalue weighted by Gasteiger charge is 2.27. The number of piperazine rings is 1. The highest BCUT2D eigenvalue weighted by molar-refractivity contribution is 7.92. The van der Waals surface area contributed by atoms with Crippen molar-refractivity contribution < 1.29 is 22.7 Å². The number of hydrogen-bond acceptors (Lipinski definition) is 5. The fourth-order valence-electron chi connectivity index (χ4n) is 4.46. The van der Waals surface area contributed by atoms with E-state index in [0.717, 1.165) is 11.8 Å². The first-order chi connectivity index (χ1) is 16.5. The van der Waals surface area contributed by atoms with Crippen LogP contribution in [0.5, 0.6) is 0 Å². The number of nitrogens with one attached hydrogen (secondary N) is 1. The Labute approximate surface area is 204 Å². The van der Waals surface area contributed by atoms with Gasteiger partial charge < -0.3 is 14.9 Å². The lowest BCUT2D eigenvalue weighted by molar-refractivity contribution is 0.0697. The molecule has 1 heterocycles. The van der Waals surface area contributed by atoms with E-state index in [0.29, 0.717) is 30.9 Å². The largest absolute Gasteiger partial charge is 0.478 e. The predicted molar refractivity (Wildman–Crippen MR) is 136 cm³/mol. The highest BCUT2D eigenvalue weighted by Crippen LogP contribution is 2.33. The summed E-state index contributed by atoms with van der Waals surface area (Å²) in [6, 6.07) is 16.3. The molecule has 0 saturated carbocycles. The number of sulfonamides is 1. The molecule has 0 radical (unpaired) electrons. The van der Waals surface area contributed by atoms with Gasteiger partial charge in [0.15, 0.2) is 0 Å². The topological polar surface area (TPSA) is 89.9 Å². The average molecular weight is 498 g/mol. The van der Waals surface area contributed by atoms with Crippen LogP contribution in [0.1, 0.15) is 28.4 Å². The number of hydrogen-bond donors (Lipinski definition) is 2. The lowest BCUT2D eigenvalue weighted by Crippen LogP contribution is -2.52. The van der Waals surface area contributed by atoms with Crippen molar-refractivity contribution in [2.45, 2.75) is 31.7 Å². The molecule has 0 aliphatic carbocycles. The number of carboxylic acids is 1. The van der Waals surface area contributed by atoms with Crippen LogP contribution in [0.2, 0.25) is 0 Å². The Kier molecular flexibility index (Phi) is 6.71. The minimum absolute atomic E-state index is 0.0474. The van der Waals surface area contributed by atoms with E-state index >= 15 is 0 Å². The zero-order chi connectivity index (χ0) is 25.3. The third kappa shape index (κ3) is 5.24. The number of carboxylic acid groups (broad SMARTS) is 1. The number of carbonyl (C=O) groups is 1. The number of rotatable bonds is 6. The minimum Gasteiger partial charge on any atom is -0.478 e. The number of nitrogens with zero attached hydrogens (tertiary/aromatic N) is 2. The molecule has 2 N–H and O–H groups in total. The standard InChI is InChI=1S/C26H28FN3O4S/c1-17-5-4-6-22(13-17)30-12-11-29(16-19(30)3)24-10-8-20(26(31)32)14-23(24)28-35(33,34)25-15-21(27)9-7-18(25)2/h4-10,13-15,19,28H,11-12,16H2,1-3H3,(H,31,32)/t19-/m1/s1. The van der Waals surface area contributed by atoms with Gasteiger partial charge in [0.1, 0.15) is 5.82 Å². The maximum atomic E-state index is 13.8. The van der Waals surface area contributed by atoms with Crippen molar-refractivity contribution in [2.24, 2.45) is 0 Å². The van der Waals surface area contributed by atoms with Gasteiger partial charge in [0, 0.05) is 31.4 Å². The van der Waals surface area contributed by atoms with Crippen molar-refractivity contribution in [3.8, 4) is 0 Å². The second-order valence-corrected chi connectivity index (χ2v) is 10.5. The van der Waals surface area contributed by atoms with Gasteiger partial charge in [-0.05, 0) is 74.4 Å². The summed E-state index contributed by atoms with van der Waals surface area (Å²) in [6.07, 6.45) is 0. The molecule has 1 aliphatic heterocycles. The maximum absolute atomic E-state index is 13.8. The molecule has 3 aromatic carbocycles. The molecule has 184 valence electrons. The molecule has 0 amide bonds. The van der Waals surface area contributed by atoms with E-state index in [1.54, 1.807) is 13.0 Å². The fraction of sp³-hybridized carbons (Fsp3) is 0.269. The predicted octanol–water partition coefficient (Wildman–Crippen LogP) is 4.66. The molecule has 1 saturated heterocycles. The van der Waals surface area contributed by atoms with E-state index in [1.807, 2.05) is 24.0 Å². The van der Waals surface area contributed by atoms with Crippen LogP contribution in [0, 0.1) is 19.7 Å². The first-order valence-corrected chi connectivity index (χ1v) is 12.8. The number of aromatic carboxylic acids is 1. The van der Waals surface area contributed by atoms with Crippen LogP contribution in [0.3, 0.4) is 0 Å². The second kappa shape index (κ2) is 9.58. The molecule has 0 unspecified atom stereocenters. The molecular formula is C26H28FN3O4S. The first kappa shape index (κ1) is 24.5. The number of aryl methyl sites for hydroxylation is 2. The Morgan fingerprint density at radius 2 is 1.83 bits per heavy atom. The van der Waals surface area contributed by atoms with Gasteiger partial charge in [-0.15, -0.1) is 0 Å². The molecule has 9 heteroatoms. The van der Waals surface area contributed by atoms with Crippen molar-refractivity contribution >= 4 is 33.1 Å². The molecule has 1 aliphatic rings. The maximum Gasteiger partial charge on any atom is 0.335 e. The molecule has 0 spiro atoms. The van der Waals surface area contributed by atoms with Crippen molar-refractivity contribution in [3.63, 3.8) is 0 Å². The molecule has 1 fully saturated rings. The zero-order valence-corrected chi connectivity index (χ0v) is 20.6. The van der Waals surface area contributed by atoms with Gasteiger partial charge in [-0.2, -0.15) is 0 Å². The summed E-state index contributed by atoms with van der Waals surface area (Å²) in [7, 11) is -4.16. The van der Waals surface area contributed by atoms with Gasteiger partial charge in [0.05, 0.1) is 21.8 Å². The van der Waals surface area contributed by atoms with Gasteiger partial charge in [0.2, 0.25) is 0 Å². The smallest absolute Gasteiger partial charge is 0.335 e. The molecule has 35 heavy (non-hydrogen) atoms. The van der Waals surface area contributed by atoms with Crippen molar-refractivity contribution in [1.29, 1.82) is 0 Å². The third-order valence-electron chi connectivity index (χ3n) is 6.23. The van der Waals surface area contributed by atoms with Crippen LogP contribution in [-0.2, 0) is 10.0 Å². The minimum atomic E-state index is -4.16. The molecular weight excluding hydrogens is 469 g/mol. The number of halogens is 1. The number of anilines is 3. The molecule has 0 aromatic heterocycles. The SMILES string of the molecule is Cc1cccc(N2CCN(c3ccc(C(=O)O)cc3NS(=O)(=O)c3cc(F)ccc3C)C[C@H]2C)c1. The van der Waals surface area contributed by atoms with E-state index in [1.165, 1.54) is 29.8 Å². The zero-order valence-electron chi connectivity index (χ0n) is 19.8. The average Bonchev–Trinajstić information content (AvgIpc) is 2.80. The van der Waals surface area contributed by atoms with Gasteiger partial charge in [0.25, 0.3) is 10.0 Å². The summed E-state index contributed by atoms with van der Waals surface area (Å²) < 4.78 is 42.7. The van der Waals surface area contributed by atoms with Crippen molar-refractivity contribution in [1.82, 2.24) is 0 Å². The van der Waals surface area contributed by atoms with Crippen LogP contribution in [0.15, 0.2) is 65.6 Å². The molecule has 3 aromatic rings. The summed E-state index contributed by atoms with van der Waals surface area (Å²) >= 11 is 0. The monoisotopic (exact) mass is 497 g/mol. The van der Waals surface area contributed by atoms with Gasteiger partial charge in [-0.1, -0.05) is 18.2 Å². The Morgan fingerprint density at radius 3 is 2.51 bits per heavy atom. The molecule has 4 rings (SSSR count). The quantitative estimate of drug-likeness (QED) is 0.515. The van der Waals surface area contributed by atoms with Crippen LogP contribution >= 0.6 is 0 Å². The molecule has 7 nitrogen and oxygen atoms in total. The van der Waals surface area contributed by atoms with Crippen molar-refractivity contribution in [2.75, 3.05) is 34.2 Å². The van der Waals surface area contributed by atoms with Gasteiger partial charge in [-0.25, -0.2) is 17.6 Å². The summed E-state index contributed by atoms with van der Waals surface area (Å²) in [5.74, 6) is -1.84. The van der Waals surface area contributed by atoms with E-state index < -0.39 is 21.8 Å². The summed E-state index contributed by atoms with van der Waals surface area (Å²) in [4.78, 5) is 15.8. The van der Waals surface area contributed by atoms with Crippen molar-refractivity contribution in [3.05, 3.63) is 83.2 Å². The van der Waals surface area contributed by atoms with Crippen LogP contribution in [0.4, 0.5) is 21.5 Å². The van der Waals surface area contributed by atoms with Crippen LogP contribution in [0.25, 0.3) is 0 Å². The van der Waals surface area contributed by atoms with Gasteiger partial charge in [-0.3, -0.25) is 4.72 Å². The lowest BCUT2D eigenvalue weighted by atomic mass is 10.1.